The van der Waals surface area contributed by atoms with Gasteiger partial charge in [-0.15, -0.1) is 0 Å². The number of rotatable bonds is 5. The maximum Gasteiger partial charge on any atom is 0.0982 e. The van der Waals surface area contributed by atoms with Crippen molar-refractivity contribution in [3.63, 3.8) is 0 Å². The Balaban J connectivity index is 2.14. The summed E-state index contributed by atoms with van der Waals surface area (Å²) in [5.74, 6) is 6.02. The summed E-state index contributed by atoms with van der Waals surface area (Å²) >= 11 is 0. The molecule has 0 unspecified atom stereocenters. The molecule has 0 aliphatic carbocycles. The van der Waals surface area contributed by atoms with E-state index in [9.17, 15) is 0 Å². The number of hydrogen-bond acceptors (Lipinski definition) is 4. The molecule has 0 bridgehead atoms. The van der Waals surface area contributed by atoms with Crippen LogP contribution in [-0.4, -0.2) is 12.9 Å². The lowest BCUT2D eigenvalue weighted by Gasteiger charge is -2.14. The second-order valence-corrected chi connectivity index (χ2v) is 5.05. The van der Waals surface area contributed by atoms with E-state index in [1.807, 2.05) is 62.4 Å². The monoisotopic (exact) mass is 292 g/mol. The summed E-state index contributed by atoms with van der Waals surface area (Å²) in [6.45, 7) is 7.63. The maximum atomic E-state index is 6.02. The molecule has 2 aromatic rings. The van der Waals surface area contributed by atoms with Gasteiger partial charge in [0.2, 0.25) is 0 Å². The minimum atomic E-state index is 0.587. The number of nitrogens with two attached hydrogens (primary N) is 1. The molecule has 0 heterocycles. The zero-order valence-corrected chi connectivity index (χ0v) is 12.9. The van der Waals surface area contributed by atoms with Crippen molar-refractivity contribution in [1.29, 1.82) is 0 Å². The van der Waals surface area contributed by atoms with Crippen molar-refractivity contribution in [3.05, 3.63) is 71.6 Å². The standard InChI is InChI=1S/C18H20N4/c1-14-4-8-16(9-5-14)21-12-17(20-3)13-22(19)18-10-6-15(2)7-11-18/h4-13H,3,19H2,1-2H3/b17-13-,21-12?. The van der Waals surface area contributed by atoms with Crippen LogP contribution in [0, 0.1) is 13.8 Å². The molecular weight excluding hydrogens is 272 g/mol. The largest absolute Gasteiger partial charge is 0.285 e. The van der Waals surface area contributed by atoms with Gasteiger partial charge in [-0.25, -0.2) is 5.84 Å². The Hall–Kier alpha value is -2.72. The number of aliphatic imine (C=N–C) groups is 2. The molecule has 4 nitrogen and oxygen atoms in total. The van der Waals surface area contributed by atoms with Crippen LogP contribution < -0.4 is 10.9 Å². The van der Waals surface area contributed by atoms with E-state index in [0.717, 1.165) is 11.4 Å². The number of hydrogen-bond donors (Lipinski definition) is 1. The molecule has 22 heavy (non-hydrogen) atoms. The molecule has 0 atom stereocenters. The van der Waals surface area contributed by atoms with Crippen LogP contribution in [0.25, 0.3) is 0 Å². The molecule has 0 fully saturated rings. The molecule has 0 saturated carbocycles. The third-order valence-electron chi connectivity index (χ3n) is 3.17. The van der Waals surface area contributed by atoms with Gasteiger partial charge in [0.15, 0.2) is 0 Å². The predicted molar refractivity (Wildman–Crippen MR) is 94.8 cm³/mol. The molecule has 4 heteroatoms. The molecule has 0 spiro atoms. The van der Waals surface area contributed by atoms with Gasteiger partial charge in [0.05, 0.1) is 23.3 Å². The lowest BCUT2D eigenvalue weighted by Crippen LogP contribution is -2.24. The highest BCUT2D eigenvalue weighted by atomic mass is 15.4. The van der Waals surface area contributed by atoms with E-state index >= 15 is 0 Å². The third kappa shape index (κ3) is 4.40. The van der Waals surface area contributed by atoms with Crippen molar-refractivity contribution >= 4 is 24.3 Å². The second kappa shape index (κ2) is 7.33. The molecule has 112 valence electrons. The van der Waals surface area contributed by atoms with Crippen LogP contribution >= 0.6 is 0 Å². The highest BCUT2D eigenvalue weighted by molar-refractivity contribution is 5.82. The number of allylic oxidation sites excluding steroid dienone is 1. The molecule has 0 radical (unpaired) electrons. The Morgan fingerprint density at radius 1 is 1.00 bits per heavy atom. The van der Waals surface area contributed by atoms with Gasteiger partial charge in [0.25, 0.3) is 0 Å². The summed E-state index contributed by atoms with van der Waals surface area (Å²) in [6.07, 6.45) is 3.33. The van der Waals surface area contributed by atoms with Crippen molar-refractivity contribution in [1.82, 2.24) is 0 Å². The van der Waals surface area contributed by atoms with E-state index in [1.54, 1.807) is 12.4 Å². The molecule has 0 saturated heterocycles. The van der Waals surface area contributed by atoms with Gasteiger partial charge >= 0.3 is 0 Å². The summed E-state index contributed by atoms with van der Waals surface area (Å²) in [5.41, 5.74) is 4.70. The van der Waals surface area contributed by atoms with Gasteiger partial charge in [0, 0.05) is 6.20 Å². The maximum absolute atomic E-state index is 6.02. The van der Waals surface area contributed by atoms with Crippen LogP contribution in [0.5, 0.6) is 0 Å². The Bertz CT molecular complexity index is 682. The minimum Gasteiger partial charge on any atom is -0.285 e. The van der Waals surface area contributed by atoms with Crippen molar-refractivity contribution in [2.45, 2.75) is 13.8 Å². The average Bonchev–Trinajstić information content (AvgIpc) is 2.53. The first kappa shape index (κ1) is 15.7. The van der Waals surface area contributed by atoms with Crippen LogP contribution in [0.3, 0.4) is 0 Å². The zero-order chi connectivity index (χ0) is 15.9. The quantitative estimate of drug-likeness (QED) is 0.516. The predicted octanol–water partition coefficient (Wildman–Crippen LogP) is 3.93. The van der Waals surface area contributed by atoms with Crippen molar-refractivity contribution in [2.24, 2.45) is 15.8 Å². The second-order valence-electron chi connectivity index (χ2n) is 5.05. The molecule has 0 amide bonds. The molecule has 0 aliphatic heterocycles. The molecule has 2 rings (SSSR count). The lowest BCUT2D eigenvalue weighted by atomic mass is 10.2. The number of aryl methyl sites for hydroxylation is 2. The number of hydrazine groups is 1. The van der Waals surface area contributed by atoms with Crippen molar-refractivity contribution < 1.29 is 0 Å². The third-order valence-corrected chi connectivity index (χ3v) is 3.17. The minimum absolute atomic E-state index is 0.587. The van der Waals surface area contributed by atoms with E-state index in [1.165, 1.54) is 16.1 Å². The van der Waals surface area contributed by atoms with Gasteiger partial charge < -0.3 is 0 Å². The molecule has 0 aliphatic rings. The topological polar surface area (TPSA) is 54.0 Å². The van der Waals surface area contributed by atoms with Crippen LogP contribution in [0.1, 0.15) is 11.1 Å². The van der Waals surface area contributed by atoms with Crippen molar-refractivity contribution in [3.8, 4) is 0 Å². The van der Waals surface area contributed by atoms with E-state index in [4.69, 9.17) is 5.84 Å². The fourth-order valence-corrected chi connectivity index (χ4v) is 1.82. The van der Waals surface area contributed by atoms with Crippen LogP contribution in [0.2, 0.25) is 0 Å². The molecular formula is C18H20N4. The molecule has 0 aromatic heterocycles. The van der Waals surface area contributed by atoms with Crippen molar-refractivity contribution in [2.75, 3.05) is 5.01 Å². The smallest absolute Gasteiger partial charge is 0.0982 e. The zero-order valence-electron chi connectivity index (χ0n) is 12.9. The Morgan fingerprint density at radius 3 is 2.09 bits per heavy atom. The summed E-state index contributed by atoms with van der Waals surface area (Å²) in [7, 11) is 0. The first-order valence-electron chi connectivity index (χ1n) is 6.98. The summed E-state index contributed by atoms with van der Waals surface area (Å²) in [4.78, 5) is 8.31. The van der Waals surface area contributed by atoms with Crippen LogP contribution in [0.4, 0.5) is 11.4 Å². The van der Waals surface area contributed by atoms with Gasteiger partial charge in [-0.1, -0.05) is 35.4 Å². The highest BCUT2D eigenvalue weighted by Gasteiger charge is 1.99. The first-order valence-corrected chi connectivity index (χ1v) is 6.98. The van der Waals surface area contributed by atoms with Crippen LogP contribution in [0.15, 0.2) is 70.4 Å². The summed E-state index contributed by atoms with van der Waals surface area (Å²) in [5, 5.41) is 1.50. The fraction of sp³-hybridized carbons (Fsp3) is 0.111. The van der Waals surface area contributed by atoms with E-state index in [2.05, 4.69) is 16.7 Å². The lowest BCUT2D eigenvalue weighted by molar-refractivity contribution is 1.07. The number of benzene rings is 2. The van der Waals surface area contributed by atoms with E-state index in [0.29, 0.717) is 5.70 Å². The Morgan fingerprint density at radius 2 is 1.55 bits per heavy atom. The van der Waals surface area contributed by atoms with Gasteiger partial charge in [-0.2, -0.15) is 0 Å². The van der Waals surface area contributed by atoms with Gasteiger partial charge in [0.1, 0.15) is 0 Å². The Labute approximate surface area is 131 Å². The number of anilines is 1. The molecule has 2 aromatic carbocycles. The van der Waals surface area contributed by atoms with Gasteiger partial charge in [-0.05, 0) is 44.8 Å². The molecule has 2 N–H and O–H groups in total. The summed E-state index contributed by atoms with van der Waals surface area (Å²) in [6, 6.07) is 15.8. The van der Waals surface area contributed by atoms with E-state index < -0.39 is 0 Å². The first-order chi connectivity index (χ1) is 10.6. The van der Waals surface area contributed by atoms with Gasteiger partial charge in [-0.3, -0.25) is 15.0 Å². The normalized spacial score (nSPS) is 11.7. The fourth-order valence-electron chi connectivity index (χ4n) is 1.82. The van der Waals surface area contributed by atoms with Crippen LogP contribution in [-0.2, 0) is 0 Å². The number of nitrogens with zero attached hydrogens (tertiary/aromatic N) is 3. The SMILES string of the molecule is C=N/C(C=Nc1ccc(C)cc1)=C\N(N)c1ccc(C)cc1. The summed E-state index contributed by atoms with van der Waals surface area (Å²) < 4.78 is 0. The highest BCUT2D eigenvalue weighted by Crippen LogP contribution is 2.15. The van der Waals surface area contributed by atoms with E-state index in [-0.39, 0.29) is 0 Å². The average molecular weight is 292 g/mol. The Kier molecular flexibility index (Phi) is 5.22.